The number of carbonyl (C=O) groups is 1. The first-order valence-electron chi connectivity index (χ1n) is 3.99. The first kappa shape index (κ1) is 10.2. The van der Waals surface area contributed by atoms with E-state index in [1.165, 1.54) is 18.2 Å². The van der Waals surface area contributed by atoms with Gasteiger partial charge in [0.05, 0.1) is 6.07 Å². The second-order valence-electron chi connectivity index (χ2n) is 2.63. The smallest absolute Gasteiger partial charge is 0.320 e. The third-order valence-corrected chi connectivity index (χ3v) is 1.51. The van der Waals surface area contributed by atoms with E-state index in [-0.39, 0.29) is 18.8 Å². The molecule has 3 nitrogen and oxygen atoms in total. The maximum Gasteiger partial charge on any atom is 0.320 e. The van der Waals surface area contributed by atoms with Gasteiger partial charge in [-0.2, -0.15) is 5.26 Å². The van der Waals surface area contributed by atoms with Crippen molar-refractivity contribution in [1.82, 2.24) is 0 Å². The number of carbonyl (C=O) groups excluding carboxylic acids is 1. The van der Waals surface area contributed by atoms with E-state index in [1.807, 2.05) is 0 Å². The highest BCUT2D eigenvalue weighted by atomic mass is 19.1. The maximum atomic E-state index is 12.6. The van der Waals surface area contributed by atoms with E-state index in [0.29, 0.717) is 5.56 Å². The predicted molar refractivity (Wildman–Crippen MR) is 46.4 cm³/mol. The van der Waals surface area contributed by atoms with Crippen LogP contribution in [0.15, 0.2) is 24.3 Å². The Morgan fingerprint density at radius 3 is 3.00 bits per heavy atom. The van der Waals surface area contributed by atoms with Gasteiger partial charge in [-0.05, 0) is 17.7 Å². The van der Waals surface area contributed by atoms with Crippen LogP contribution in [0.2, 0.25) is 0 Å². The van der Waals surface area contributed by atoms with Crippen molar-refractivity contribution in [2.24, 2.45) is 0 Å². The fraction of sp³-hybridized carbons (Fsp3) is 0.200. The van der Waals surface area contributed by atoms with Gasteiger partial charge in [0.15, 0.2) is 0 Å². The molecule has 0 saturated heterocycles. The van der Waals surface area contributed by atoms with E-state index in [1.54, 1.807) is 12.1 Å². The zero-order valence-electron chi connectivity index (χ0n) is 7.37. The lowest BCUT2D eigenvalue weighted by molar-refractivity contribution is -0.143. The number of rotatable bonds is 3. The number of benzene rings is 1. The monoisotopic (exact) mass is 193 g/mol. The summed E-state index contributed by atoms with van der Waals surface area (Å²) < 4.78 is 17.3. The lowest BCUT2D eigenvalue weighted by Crippen LogP contribution is -2.03. The molecular formula is C10H8FNO2. The van der Waals surface area contributed by atoms with Gasteiger partial charge in [0, 0.05) is 0 Å². The number of nitriles is 1. The van der Waals surface area contributed by atoms with E-state index in [9.17, 15) is 9.18 Å². The van der Waals surface area contributed by atoms with Crippen LogP contribution < -0.4 is 0 Å². The quantitative estimate of drug-likeness (QED) is 0.687. The maximum absolute atomic E-state index is 12.6. The topological polar surface area (TPSA) is 50.1 Å². The average molecular weight is 193 g/mol. The van der Waals surface area contributed by atoms with Gasteiger partial charge in [0.1, 0.15) is 18.8 Å². The number of hydrogen-bond donors (Lipinski definition) is 0. The van der Waals surface area contributed by atoms with Crippen LogP contribution in [0.5, 0.6) is 0 Å². The Morgan fingerprint density at radius 1 is 1.57 bits per heavy atom. The van der Waals surface area contributed by atoms with Gasteiger partial charge in [-0.15, -0.1) is 0 Å². The minimum Gasteiger partial charge on any atom is -0.460 e. The molecule has 0 N–H and O–H groups in total. The van der Waals surface area contributed by atoms with E-state index in [2.05, 4.69) is 0 Å². The molecule has 14 heavy (non-hydrogen) atoms. The Labute approximate surface area is 80.7 Å². The molecule has 0 amide bonds. The molecule has 0 aliphatic rings. The largest absolute Gasteiger partial charge is 0.460 e. The number of nitrogens with zero attached hydrogens (tertiary/aromatic N) is 1. The Kier molecular flexibility index (Phi) is 3.62. The summed E-state index contributed by atoms with van der Waals surface area (Å²) in [6.45, 7) is -0.00171. The third kappa shape index (κ3) is 3.23. The Bertz CT molecular complexity index is 371. The van der Waals surface area contributed by atoms with Crippen LogP contribution in [0, 0.1) is 17.1 Å². The fourth-order valence-electron chi connectivity index (χ4n) is 0.906. The number of esters is 1. The van der Waals surface area contributed by atoms with E-state index in [0.717, 1.165) is 0 Å². The summed E-state index contributed by atoms with van der Waals surface area (Å²) in [4.78, 5) is 10.8. The van der Waals surface area contributed by atoms with E-state index in [4.69, 9.17) is 10.00 Å². The minimum absolute atomic E-state index is 0.00171. The molecule has 0 saturated carbocycles. The van der Waals surface area contributed by atoms with Crippen LogP contribution >= 0.6 is 0 Å². The summed E-state index contributed by atoms with van der Waals surface area (Å²) in [6, 6.07) is 7.42. The third-order valence-electron chi connectivity index (χ3n) is 1.51. The zero-order chi connectivity index (χ0) is 10.4. The number of halogens is 1. The first-order chi connectivity index (χ1) is 6.72. The van der Waals surface area contributed by atoms with Crippen molar-refractivity contribution in [2.75, 3.05) is 0 Å². The van der Waals surface area contributed by atoms with Gasteiger partial charge in [-0.1, -0.05) is 12.1 Å². The van der Waals surface area contributed by atoms with Crippen molar-refractivity contribution >= 4 is 5.97 Å². The summed E-state index contributed by atoms with van der Waals surface area (Å²) >= 11 is 0. The molecule has 0 unspecified atom stereocenters. The summed E-state index contributed by atoms with van der Waals surface area (Å²) in [7, 11) is 0. The van der Waals surface area contributed by atoms with Crippen molar-refractivity contribution in [3.63, 3.8) is 0 Å². The summed E-state index contributed by atoms with van der Waals surface area (Å²) in [5.74, 6) is -0.976. The molecule has 0 heterocycles. The first-order valence-corrected chi connectivity index (χ1v) is 3.99. The molecule has 0 aliphatic heterocycles. The molecular weight excluding hydrogens is 185 g/mol. The normalized spacial score (nSPS) is 9.14. The molecule has 0 aromatic heterocycles. The Hall–Kier alpha value is -1.89. The molecule has 0 atom stereocenters. The van der Waals surface area contributed by atoms with Gasteiger partial charge < -0.3 is 4.74 Å². The van der Waals surface area contributed by atoms with Gasteiger partial charge in [0.25, 0.3) is 0 Å². The molecule has 0 bridgehead atoms. The molecule has 0 aliphatic carbocycles. The van der Waals surface area contributed by atoms with Gasteiger partial charge in [-0.3, -0.25) is 4.79 Å². The lowest BCUT2D eigenvalue weighted by Gasteiger charge is -2.02. The van der Waals surface area contributed by atoms with Gasteiger partial charge >= 0.3 is 5.97 Å². The van der Waals surface area contributed by atoms with Crippen LogP contribution in [0.3, 0.4) is 0 Å². The molecule has 1 rings (SSSR count). The van der Waals surface area contributed by atoms with Crippen LogP contribution in [0.1, 0.15) is 12.0 Å². The summed E-state index contributed by atoms with van der Waals surface area (Å²) in [6.07, 6.45) is -0.282. The van der Waals surface area contributed by atoms with Crippen molar-refractivity contribution < 1.29 is 13.9 Å². The number of hydrogen-bond acceptors (Lipinski definition) is 3. The van der Waals surface area contributed by atoms with E-state index >= 15 is 0 Å². The van der Waals surface area contributed by atoms with Crippen molar-refractivity contribution in [2.45, 2.75) is 13.0 Å². The molecule has 0 radical (unpaired) electrons. The second kappa shape index (κ2) is 4.97. The Balaban J connectivity index is 2.46. The zero-order valence-corrected chi connectivity index (χ0v) is 7.37. The molecule has 0 spiro atoms. The van der Waals surface area contributed by atoms with Crippen LogP contribution in [-0.2, 0) is 16.1 Å². The second-order valence-corrected chi connectivity index (χ2v) is 2.63. The highest BCUT2D eigenvalue weighted by Crippen LogP contribution is 2.05. The molecule has 4 heteroatoms. The summed E-state index contributed by atoms with van der Waals surface area (Å²) in [5, 5.41) is 8.17. The molecule has 1 aromatic rings. The SMILES string of the molecule is N#CCC(=O)OCc1cccc(F)c1. The van der Waals surface area contributed by atoms with E-state index < -0.39 is 5.97 Å². The predicted octanol–water partition coefficient (Wildman–Crippen LogP) is 1.78. The fourth-order valence-corrected chi connectivity index (χ4v) is 0.906. The number of ether oxygens (including phenoxy) is 1. The van der Waals surface area contributed by atoms with Crippen molar-refractivity contribution in [1.29, 1.82) is 5.26 Å². The van der Waals surface area contributed by atoms with Crippen LogP contribution in [-0.4, -0.2) is 5.97 Å². The lowest BCUT2D eigenvalue weighted by atomic mass is 10.2. The van der Waals surface area contributed by atoms with Crippen molar-refractivity contribution in [3.8, 4) is 6.07 Å². The minimum atomic E-state index is -0.600. The highest BCUT2D eigenvalue weighted by molar-refractivity contribution is 5.71. The van der Waals surface area contributed by atoms with Crippen molar-refractivity contribution in [3.05, 3.63) is 35.6 Å². The average Bonchev–Trinajstić information content (AvgIpc) is 2.15. The Morgan fingerprint density at radius 2 is 2.36 bits per heavy atom. The van der Waals surface area contributed by atoms with Gasteiger partial charge in [0.2, 0.25) is 0 Å². The van der Waals surface area contributed by atoms with Gasteiger partial charge in [-0.25, -0.2) is 4.39 Å². The highest BCUT2D eigenvalue weighted by Gasteiger charge is 2.02. The van der Waals surface area contributed by atoms with Crippen LogP contribution in [0.4, 0.5) is 4.39 Å². The molecule has 1 aromatic carbocycles. The summed E-state index contributed by atoms with van der Waals surface area (Å²) in [5.41, 5.74) is 0.566. The van der Waals surface area contributed by atoms with Crippen LogP contribution in [0.25, 0.3) is 0 Å². The molecule has 72 valence electrons. The molecule has 0 fully saturated rings. The standard InChI is InChI=1S/C10H8FNO2/c11-9-3-1-2-8(6-9)7-14-10(13)4-5-12/h1-3,6H,4,7H2.